The van der Waals surface area contributed by atoms with Crippen molar-refractivity contribution in [2.45, 2.75) is 26.2 Å². The molecule has 0 aromatic heterocycles. The van der Waals surface area contributed by atoms with Gasteiger partial charge in [0, 0.05) is 0 Å². The summed E-state index contributed by atoms with van der Waals surface area (Å²) in [7, 11) is 0. The Hall–Kier alpha value is -0.130. The molecule has 1 aliphatic carbocycles. The zero-order valence-corrected chi connectivity index (χ0v) is 3.62. The van der Waals surface area contributed by atoms with Crippen molar-refractivity contribution >= 4 is 0 Å². The second kappa shape index (κ2) is 0.925. The minimum absolute atomic E-state index is 1.33. The van der Waals surface area contributed by atoms with E-state index in [4.69, 9.17) is 0 Å². The molecule has 0 atom stereocenters. The predicted molar refractivity (Wildman–Crippen MR) is 22.8 cm³/mol. The van der Waals surface area contributed by atoms with E-state index in [-0.39, 0.29) is 0 Å². The molecule has 0 heteroatoms. The molecule has 1 rings (SSSR count). The Morgan fingerprint density at radius 2 is 2.20 bits per heavy atom. The van der Waals surface area contributed by atoms with Gasteiger partial charge in [-0.3, -0.25) is 0 Å². The Labute approximate surface area is 33.2 Å². The largest absolute Gasteiger partial charge is 0.130 e. The SMILES string of the molecule is CC[C+]1CC1. The second-order valence-corrected chi connectivity index (χ2v) is 1.60. The van der Waals surface area contributed by atoms with E-state index in [1.807, 2.05) is 0 Å². The van der Waals surface area contributed by atoms with Gasteiger partial charge in [-0.25, -0.2) is 0 Å². The molecule has 1 aliphatic rings. The van der Waals surface area contributed by atoms with Crippen molar-refractivity contribution in [2.24, 2.45) is 0 Å². The third-order valence-electron chi connectivity index (χ3n) is 1.10. The maximum Gasteiger partial charge on any atom is 0.130 e. The molecule has 1 saturated carbocycles. The lowest BCUT2D eigenvalue weighted by Gasteiger charge is -1.59. The summed E-state index contributed by atoms with van der Waals surface area (Å²) in [6.45, 7) is 2.22. The molecule has 0 aromatic rings. The third-order valence-corrected chi connectivity index (χ3v) is 1.10. The summed E-state index contributed by atoms with van der Waals surface area (Å²) in [5.74, 6) is 1.75. The first-order chi connectivity index (χ1) is 2.43. The van der Waals surface area contributed by atoms with Crippen LogP contribution in [0.4, 0.5) is 0 Å². The topological polar surface area (TPSA) is 0 Å². The molecule has 5 heavy (non-hydrogen) atoms. The van der Waals surface area contributed by atoms with Crippen LogP contribution in [-0.2, 0) is 0 Å². The van der Waals surface area contributed by atoms with Crippen molar-refractivity contribution in [3.63, 3.8) is 0 Å². The van der Waals surface area contributed by atoms with E-state index in [0.29, 0.717) is 0 Å². The van der Waals surface area contributed by atoms with Crippen molar-refractivity contribution < 1.29 is 0 Å². The van der Waals surface area contributed by atoms with E-state index in [2.05, 4.69) is 6.92 Å². The van der Waals surface area contributed by atoms with Crippen molar-refractivity contribution in [3.8, 4) is 0 Å². The molecule has 0 heterocycles. The molecule has 0 bridgehead atoms. The molecule has 0 amide bonds. The van der Waals surface area contributed by atoms with Gasteiger partial charge in [0.15, 0.2) is 0 Å². The summed E-state index contributed by atoms with van der Waals surface area (Å²) in [5.41, 5.74) is 0. The Balaban J connectivity index is 2.00. The fraction of sp³-hybridized carbons (Fsp3) is 0.800. The highest BCUT2D eigenvalue weighted by Gasteiger charge is 2.33. The lowest BCUT2D eigenvalue weighted by molar-refractivity contribution is 1.07. The van der Waals surface area contributed by atoms with Crippen molar-refractivity contribution in [1.29, 1.82) is 0 Å². The van der Waals surface area contributed by atoms with Crippen LogP contribution in [0.2, 0.25) is 0 Å². The zero-order valence-electron chi connectivity index (χ0n) is 3.62. The number of rotatable bonds is 1. The molecule has 0 unspecified atom stereocenters. The number of hydrogen-bond acceptors (Lipinski definition) is 0. The lowest BCUT2D eigenvalue weighted by atomic mass is 10.3. The standard InChI is InChI=1S/C5H9/c1-2-5-3-4-5/h2-4H2,1H3/q+1. The predicted octanol–water partition coefficient (Wildman–Crippen LogP) is 1.76. The minimum Gasteiger partial charge on any atom is -0.0242 e. The molecule has 0 nitrogen and oxygen atoms in total. The van der Waals surface area contributed by atoms with Crippen LogP contribution in [0.15, 0.2) is 0 Å². The highest BCUT2D eigenvalue weighted by molar-refractivity contribution is 5.03. The van der Waals surface area contributed by atoms with E-state index in [1.54, 1.807) is 5.92 Å². The Morgan fingerprint density at radius 3 is 2.20 bits per heavy atom. The van der Waals surface area contributed by atoms with Gasteiger partial charge >= 0.3 is 0 Å². The van der Waals surface area contributed by atoms with Gasteiger partial charge in [0.1, 0.15) is 12.8 Å². The van der Waals surface area contributed by atoms with Crippen LogP contribution in [-0.4, -0.2) is 0 Å². The van der Waals surface area contributed by atoms with Crippen molar-refractivity contribution in [3.05, 3.63) is 5.92 Å². The van der Waals surface area contributed by atoms with Crippen LogP contribution in [0, 0.1) is 5.92 Å². The molecule has 0 radical (unpaired) electrons. The molecule has 0 spiro atoms. The van der Waals surface area contributed by atoms with Crippen LogP contribution >= 0.6 is 0 Å². The Kier molecular flexibility index (Phi) is 0.569. The number of hydrogen-bond donors (Lipinski definition) is 0. The molecule has 0 aromatic carbocycles. The van der Waals surface area contributed by atoms with Crippen LogP contribution in [0.3, 0.4) is 0 Å². The lowest BCUT2D eigenvalue weighted by Crippen LogP contribution is -1.56. The summed E-state index contributed by atoms with van der Waals surface area (Å²) in [4.78, 5) is 0. The highest BCUT2D eigenvalue weighted by atomic mass is 14.2. The average Bonchev–Trinajstić information content (AvgIpc) is 2.12. The van der Waals surface area contributed by atoms with Gasteiger partial charge in [-0.2, -0.15) is 0 Å². The molecular weight excluding hydrogens is 60.1 g/mol. The molecule has 0 aliphatic heterocycles. The van der Waals surface area contributed by atoms with E-state index >= 15 is 0 Å². The van der Waals surface area contributed by atoms with Gasteiger partial charge < -0.3 is 0 Å². The van der Waals surface area contributed by atoms with Crippen LogP contribution in [0.5, 0.6) is 0 Å². The smallest absolute Gasteiger partial charge is 0.0242 e. The van der Waals surface area contributed by atoms with Gasteiger partial charge in [-0.1, -0.05) is 0 Å². The van der Waals surface area contributed by atoms with Crippen LogP contribution < -0.4 is 0 Å². The minimum atomic E-state index is 1.33. The van der Waals surface area contributed by atoms with E-state index in [9.17, 15) is 0 Å². The fourth-order valence-electron chi connectivity index (χ4n) is 0.442. The molecule has 28 valence electrons. The molecule has 0 saturated heterocycles. The molecule has 1 fully saturated rings. The maximum atomic E-state index is 2.22. The summed E-state index contributed by atoms with van der Waals surface area (Å²) < 4.78 is 0. The monoisotopic (exact) mass is 69.1 g/mol. The first-order valence-corrected chi connectivity index (χ1v) is 2.27. The van der Waals surface area contributed by atoms with Crippen molar-refractivity contribution in [2.75, 3.05) is 0 Å². The molecule has 0 N–H and O–H groups in total. The summed E-state index contributed by atoms with van der Waals surface area (Å²) >= 11 is 0. The summed E-state index contributed by atoms with van der Waals surface area (Å²) in [6, 6.07) is 0. The quantitative estimate of drug-likeness (QED) is 0.411. The first-order valence-electron chi connectivity index (χ1n) is 2.27. The van der Waals surface area contributed by atoms with E-state index < -0.39 is 0 Å². The van der Waals surface area contributed by atoms with Gasteiger partial charge in [0.05, 0.1) is 12.3 Å². The first kappa shape index (κ1) is 3.08. The third kappa shape index (κ3) is 0.571. The fourth-order valence-corrected chi connectivity index (χ4v) is 0.442. The zero-order chi connectivity index (χ0) is 3.70. The average molecular weight is 69.1 g/mol. The highest BCUT2D eigenvalue weighted by Crippen LogP contribution is 2.34. The Morgan fingerprint density at radius 1 is 1.60 bits per heavy atom. The van der Waals surface area contributed by atoms with E-state index in [0.717, 1.165) is 0 Å². The van der Waals surface area contributed by atoms with Gasteiger partial charge in [-0.05, 0) is 6.92 Å². The molecular formula is C5H9+. The van der Waals surface area contributed by atoms with Crippen LogP contribution in [0.25, 0.3) is 0 Å². The second-order valence-electron chi connectivity index (χ2n) is 1.60. The van der Waals surface area contributed by atoms with Crippen LogP contribution in [0.1, 0.15) is 26.2 Å². The van der Waals surface area contributed by atoms with E-state index in [1.165, 1.54) is 19.3 Å². The van der Waals surface area contributed by atoms with Gasteiger partial charge in [-0.15, -0.1) is 0 Å². The summed E-state index contributed by atoms with van der Waals surface area (Å²) in [6.07, 6.45) is 4.19. The normalized spacial score (nSPS) is 19.8. The van der Waals surface area contributed by atoms with Gasteiger partial charge in [0.25, 0.3) is 0 Å². The summed E-state index contributed by atoms with van der Waals surface area (Å²) in [5, 5.41) is 0. The van der Waals surface area contributed by atoms with Gasteiger partial charge in [0.2, 0.25) is 0 Å². The van der Waals surface area contributed by atoms with Crippen molar-refractivity contribution in [1.82, 2.24) is 0 Å². The maximum absolute atomic E-state index is 2.22. The Bertz CT molecular complexity index is 27.0.